The van der Waals surface area contributed by atoms with Gasteiger partial charge in [-0.1, -0.05) is 18.0 Å². The summed E-state index contributed by atoms with van der Waals surface area (Å²) in [5.74, 6) is 2.58. The molecule has 0 aromatic carbocycles. The molecule has 150 valence electrons. The maximum atomic E-state index is 13.3. The molecule has 0 radical (unpaired) electrons. The van der Waals surface area contributed by atoms with E-state index in [0.29, 0.717) is 36.3 Å². The van der Waals surface area contributed by atoms with Crippen LogP contribution in [0.3, 0.4) is 0 Å². The number of piperidine rings is 1. The maximum Gasteiger partial charge on any atom is 0.259 e. The molecule has 0 N–H and O–H groups in total. The van der Waals surface area contributed by atoms with E-state index < -0.39 is 0 Å². The molecule has 1 saturated heterocycles. The lowest BCUT2D eigenvalue weighted by Gasteiger charge is -2.41. The average molecular weight is 386 g/mol. The smallest absolute Gasteiger partial charge is 0.259 e. The highest BCUT2D eigenvalue weighted by Gasteiger charge is 2.46. The first-order chi connectivity index (χ1) is 13.5. The van der Waals surface area contributed by atoms with Crippen LogP contribution in [0, 0.1) is 12.8 Å². The van der Waals surface area contributed by atoms with E-state index in [1.165, 1.54) is 27.1 Å². The summed E-state index contributed by atoms with van der Waals surface area (Å²) in [6, 6.07) is 3.39. The van der Waals surface area contributed by atoms with Gasteiger partial charge >= 0.3 is 0 Å². The van der Waals surface area contributed by atoms with Gasteiger partial charge in [-0.15, -0.1) is 0 Å². The summed E-state index contributed by atoms with van der Waals surface area (Å²) in [4.78, 5) is 24.0. The highest BCUT2D eigenvalue weighted by Crippen LogP contribution is 2.45. The summed E-state index contributed by atoms with van der Waals surface area (Å²) in [6.07, 6.45) is 5.33. The third-order valence-corrected chi connectivity index (χ3v) is 5.71. The molecular formula is C20H26N4O4. The minimum absolute atomic E-state index is 0.0907. The largest absolute Gasteiger partial charge is 0.481 e. The summed E-state index contributed by atoms with van der Waals surface area (Å²) in [5, 5.41) is 4.24. The van der Waals surface area contributed by atoms with E-state index in [9.17, 15) is 4.79 Å². The van der Waals surface area contributed by atoms with Crippen LogP contribution in [0.5, 0.6) is 11.8 Å². The van der Waals surface area contributed by atoms with Gasteiger partial charge in [-0.25, -0.2) is 0 Å². The summed E-state index contributed by atoms with van der Waals surface area (Å²) >= 11 is 0. The fourth-order valence-electron chi connectivity index (χ4n) is 4.16. The molecule has 1 amide bonds. The fraction of sp³-hybridized carbons (Fsp3) is 0.600. The van der Waals surface area contributed by atoms with Crippen molar-refractivity contribution < 1.29 is 18.8 Å². The molecule has 8 nitrogen and oxygen atoms in total. The van der Waals surface area contributed by atoms with Crippen molar-refractivity contribution in [3.63, 3.8) is 0 Å². The number of rotatable bonds is 6. The second kappa shape index (κ2) is 7.41. The Bertz CT molecular complexity index is 864. The SMILES string of the molecule is COc1ccc(C(=O)N2CCCC(CC3CC3)(c3noc(C)n3)C2)c(OC)n1. The zero-order valence-electron chi connectivity index (χ0n) is 16.6. The third-order valence-electron chi connectivity index (χ3n) is 5.71. The molecule has 2 aromatic rings. The number of amides is 1. The first kappa shape index (κ1) is 18.7. The highest BCUT2D eigenvalue weighted by atomic mass is 16.5. The predicted octanol–water partition coefficient (Wildman–Crippen LogP) is 2.76. The summed E-state index contributed by atoms with van der Waals surface area (Å²) < 4.78 is 15.8. The second-order valence-electron chi connectivity index (χ2n) is 7.81. The number of likely N-dealkylation sites (tertiary alicyclic amines) is 1. The first-order valence-electron chi connectivity index (χ1n) is 9.74. The van der Waals surface area contributed by atoms with Crippen LogP contribution in [-0.4, -0.2) is 53.2 Å². The minimum atomic E-state index is -0.250. The topological polar surface area (TPSA) is 90.6 Å². The molecule has 1 unspecified atom stereocenters. The second-order valence-corrected chi connectivity index (χ2v) is 7.81. The van der Waals surface area contributed by atoms with Gasteiger partial charge in [0.2, 0.25) is 17.7 Å². The number of aryl methyl sites for hydroxylation is 1. The number of hydrogen-bond acceptors (Lipinski definition) is 7. The summed E-state index contributed by atoms with van der Waals surface area (Å²) in [6.45, 7) is 3.08. The van der Waals surface area contributed by atoms with E-state index in [4.69, 9.17) is 14.0 Å². The normalized spacial score (nSPS) is 22.2. The minimum Gasteiger partial charge on any atom is -0.481 e. The van der Waals surface area contributed by atoms with Crippen molar-refractivity contribution in [3.8, 4) is 11.8 Å². The van der Waals surface area contributed by atoms with Crippen molar-refractivity contribution in [1.82, 2.24) is 20.0 Å². The number of methoxy groups -OCH3 is 2. The molecule has 0 spiro atoms. The zero-order chi connectivity index (χ0) is 19.7. The lowest BCUT2D eigenvalue weighted by molar-refractivity contribution is 0.0603. The third kappa shape index (κ3) is 3.55. The van der Waals surface area contributed by atoms with Crippen LogP contribution in [0.25, 0.3) is 0 Å². The molecule has 1 aliphatic carbocycles. The van der Waals surface area contributed by atoms with E-state index in [0.717, 1.165) is 25.1 Å². The van der Waals surface area contributed by atoms with E-state index in [1.807, 2.05) is 4.90 Å². The maximum absolute atomic E-state index is 13.3. The van der Waals surface area contributed by atoms with Crippen molar-refractivity contribution in [3.05, 3.63) is 29.4 Å². The monoisotopic (exact) mass is 386 g/mol. The van der Waals surface area contributed by atoms with Crippen LogP contribution in [-0.2, 0) is 5.41 Å². The van der Waals surface area contributed by atoms with Crippen LogP contribution >= 0.6 is 0 Å². The van der Waals surface area contributed by atoms with Gasteiger partial charge in [0.15, 0.2) is 5.82 Å². The molecule has 28 heavy (non-hydrogen) atoms. The predicted molar refractivity (Wildman–Crippen MR) is 101 cm³/mol. The first-order valence-corrected chi connectivity index (χ1v) is 9.74. The molecule has 8 heteroatoms. The van der Waals surface area contributed by atoms with Gasteiger partial charge in [0, 0.05) is 26.1 Å². The quantitative estimate of drug-likeness (QED) is 0.754. The molecule has 1 atom stereocenters. The molecular weight excluding hydrogens is 360 g/mol. The Labute approximate surface area is 164 Å². The number of ether oxygens (including phenoxy) is 2. The van der Waals surface area contributed by atoms with E-state index in [2.05, 4.69) is 15.1 Å². The van der Waals surface area contributed by atoms with Gasteiger partial charge in [0.05, 0.1) is 19.6 Å². The van der Waals surface area contributed by atoms with E-state index >= 15 is 0 Å². The Kier molecular flexibility index (Phi) is 4.95. The van der Waals surface area contributed by atoms with Crippen molar-refractivity contribution in [2.45, 2.75) is 44.4 Å². The number of carbonyl (C=O) groups excluding carboxylic acids is 1. The average Bonchev–Trinajstić information content (AvgIpc) is 3.42. The van der Waals surface area contributed by atoms with Crippen molar-refractivity contribution in [2.75, 3.05) is 27.3 Å². The van der Waals surface area contributed by atoms with Gasteiger partial charge in [0.1, 0.15) is 5.56 Å². The van der Waals surface area contributed by atoms with Gasteiger partial charge in [-0.3, -0.25) is 4.79 Å². The zero-order valence-corrected chi connectivity index (χ0v) is 16.6. The van der Waals surface area contributed by atoms with Crippen molar-refractivity contribution in [2.24, 2.45) is 5.92 Å². The molecule has 3 heterocycles. The standard InChI is InChI=1S/C20H26N4O4/c1-13-21-19(23-28-13)20(11-14-5-6-14)9-4-10-24(12-20)18(25)15-7-8-16(26-2)22-17(15)27-3/h7-8,14H,4-6,9-12H2,1-3H3. The van der Waals surface area contributed by atoms with E-state index in [-0.39, 0.29) is 17.2 Å². The molecule has 4 rings (SSSR count). The Balaban J connectivity index is 1.62. The Morgan fingerprint density at radius 3 is 2.75 bits per heavy atom. The summed E-state index contributed by atoms with van der Waals surface area (Å²) in [7, 11) is 3.04. The Morgan fingerprint density at radius 1 is 1.29 bits per heavy atom. The van der Waals surface area contributed by atoms with Gasteiger partial charge in [-0.05, 0) is 31.2 Å². The number of pyridine rings is 1. The lowest BCUT2D eigenvalue weighted by Crippen LogP contribution is -2.49. The van der Waals surface area contributed by atoms with Crippen LogP contribution in [0.4, 0.5) is 0 Å². The van der Waals surface area contributed by atoms with Crippen molar-refractivity contribution in [1.29, 1.82) is 0 Å². The number of carbonyl (C=O) groups is 1. The lowest BCUT2D eigenvalue weighted by atomic mass is 9.74. The molecule has 1 aliphatic heterocycles. The van der Waals surface area contributed by atoms with E-state index in [1.54, 1.807) is 19.1 Å². The molecule has 2 aliphatic rings. The van der Waals surface area contributed by atoms with Crippen LogP contribution in [0.1, 0.15) is 54.2 Å². The van der Waals surface area contributed by atoms with Crippen LogP contribution in [0.15, 0.2) is 16.7 Å². The molecule has 2 aromatic heterocycles. The molecule has 1 saturated carbocycles. The fourth-order valence-corrected chi connectivity index (χ4v) is 4.16. The van der Waals surface area contributed by atoms with Crippen LogP contribution < -0.4 is 9.47 Å². The molecule has 0 bridgehead atoms. The number of nitrogens with zero attached hydrogens (tertiary/aromatic N) is 4. The van der Waals surface area contributed by atoms with Crippen molar-refractivity contribution >= 4 is 5.91 Å². The van der Waals surface area contributed by atoms with Gasteiger partial charge < -0.3 is 18.9 Å². The Hall–Kier alpha value is -2.64. The number of hydrogen-bond donors (Lipinski definition) is 0. The van der Waals surface area contributed by atoms with Crippen LogP contribution in [0.2, 0.25) is 0 Å². The summed E-state index contributed by atoms with van der Waals surface area (Å²) in [5.41, 5.74) is 0.190. The van der Waals surface area contributed by atoms with Gasteiger partial charge in [0.25, 0.3) is 5.91 Å². The highest BCUT2D eigenvalue weighted by molar-refractivity contribution is 5.96. The number of aromatic nitrogens is 3. The molecule has 2 fully saturated rings. The Morgan fingerprint density at radius 2 is 2.11 bits per heavy atom. The van der Waals surface area contributed by atoms with Gasteiger partial charge in [-0.2, -0.15) is 9.97 Å².